The zero-order valence-electron chi connectivity index (χ0n) is 7.55. The fraction of sp³-hybridized carbons (Fsp3) is 0.625. The lowest BCUT2D eigenvalue weighted by molar-refractivity contribution is -0.116. The molecule has 0 saturated carbocycles. The number of ketones is 1. The molecular formula is C8H14O3Si. The van der Waals surface area contributed by atoms with Crippen molar-refractivity contribution in [2.45, 2.75) is 13.3 Å². The van der Waals surface area contributed by atoms with Crippen LogP contribution in [0.4, 0.5) is 0 Å². The summed E-state index contributed by atoms with van der Waals surface area (Å²) < 4.78 is 9.92. The molecule has 0 aromatic heterocycles. The molecule has 0 bridgehead atoms. The Hall–Kier alpha value is -0.453. The van der Waals surface area contributed by atoms with Crippen molar-refractivity contribution < 1.29 is 14.0 Å². The van der Waals surface area contributed by atoms with Crippen LogP contribution < -0.4 is 0 Å². The van der Waals surface area contributed by atoms with Crippen LogP contribution in [0.3, 0.4) is 0 Å². The molecule has 0 atom stereocenters. The first kappa shape index (κ1) is 11.5. The average Bonchev–Trinajstić information content (AvgIpc) is 2.03. The van der Waals surface area contributed by atoms with E-state index < -0.39 is 0 Å². The number of ether oxygens (including phenoxy) is 1. The van der Waals surface area contributed by atoms with Gasteiger partial charge in [-0.1, -0.05) is 6.58 Å². The van der Waals surface area contributed by atoms with Gasteiger partial charge in [-0.05, 0) is 12.5 Å². The predicted octanol–water partition coefficient (Wildman–Crippen LogP) is 0.761. The topological polar surface area (TPSA) is 35.5 Å². The lowest BCUT2D eigenvalue weighted by Crippen LogP contribution is -2.10. The van der Waals surface area contributed by atoms with Gasteiger partial charge in [0.25, 0.3) is 9.76 Å². The first-order valence-electron chi connectivity index (χ1n) is 3.70. The van der Waals surface area contributed by atoms with Gasteiger partial charge in [-0.25, -0.2) is 0 Å². The number of hydrogen-bond donors (Lipinski definition) is 0. The van der Waals surface area contributed by atoms with Crippen LogP contribution in [0.2, 0.25) is 0 Å². The van der Waals surface area contributed by atoms with Crippen LogP contribution in [0, 0.1) is 0 Å². The largest absolute Gasteiger partial charge is 0.418 e. The molecule has 0 amide bonds. The fourth-order valence-corrected chi connectivity index (χ4v) is 0.897. The first-order valence-corrected chi connectivity index (χ1v) is 4.82. The van der Waals surface area contributed by atoms with E-state index in [4.69, 9.17) is 9.16 Å². The Morgan fingerprint density at radius 2 is 2.25 bits per heavy atom. The summed E-state index contributed by atoms with van der Waals surface area (Å²) >= 11 is 0. The maximum atomic E-state index is 11.0. The Morgan fingerprint density at radius 3 is 2.75 bits per heavy atom. The highest BCUT2D eigenvalue weighted by Gasteiger charge is 2.01. The molecule has 0 heterocycles. The van der Waals surface area contributed by atoms with E-state index in [9.17, 15) is 4.79 Å². The van der Waals surface area contributed by atoms with E-state index in [1.54, 1.807) is 14.0 Å². The second kappa shape index (κ2) is 7.21. The van der Waals surface area contributed by atoms with Gasteiger partial charge in [0.1, 0.15) is 0 Å². The smallest absolute Gasteiger partial charge is 0.257 e. The van der Waals surface area contributed by atoms with Crippen LogP contribution in [0.1, 0.15) is 13.3 Å². The Balaban J connectivity index is 3.20. The van der Waals surface area contributed by atoms with Crippen LogP contribution in [-0.2, 0) is 14.0 Å². The number of carbonyl (C=O) groups is 1. The molecule has 4 heteroatoms. The van der Waals surface area contributed by atoms with Crippen LogP contribution in [0.5, 0.6) is 0 Å². The molecule has 0 N–H and O–H groups in total. The van der Waals surface area contributed by atoms with Crippen molar-refractivity contribution in [1.82, 2.24) is 0 Å². The van der Waals surface area contributed by atoms with Gasteiger partial charge < -0.3 is 9.16 Å². The van der Waals surface area contributed by atoms with Crippen molar-refractivity contribution in [1.29, 1.82) is 0 Å². The molecule has 0 aromatic carbocycles. The minimum atomic E-state index is 0.0655. The van der Waals surface area contributed by atoms with Gasteiger partial charge in [0.2, 0.25) is 0 Å². The summed E-state index contributed by atoms with van der Waals surface area (Å²) in [6.07, 6.45) is 0.990. The maximum absolute atomic E-state index is 11.0. The molecule has 12 heavy (non-hydrogen) atoms. The summed E-state index contributed by atoms with van der Waals surface area (Å²) in [7, 11) is 1.98. The highest BCUT2D eigenvalue weighted by Crippen LogP contribution is 1.94. The molecule has 0 aliphatic rings. The molecule has 0 aliphatic heterocycles. The average molecular weight is 186 g/mol. The zero-order valence-corrected chi connectivity index (χ0v) is 8.55. The number of Topliss-reactive ketones (excluding diaryl/α,β-unsaturated/α-hetero) is 1. The Labute approximate surface area is 75.7 Å². The van der Waals surface area contributed by atoms with Gasteiger partial charge >= 0.3 is 0 Å². The molecule has 68 valence electrons. The third-order valence-electron chi connectivity index (χ3n) is 1.25. The normalized spacial score (nSPS) is 9.83. The summed E-state index contributed by atoms with van der Waals surface area (Å²) in [6, 6.07) is 0. The molecule has 0 fully saturated rings. The number of rotatable bonds is 7. The molecule has 0 aromatic rings. The molecule has 0 aliphatic carbocycles. The summed E-state index contributed by atoms with van der Waals surface area (Å²) in [4.78, 5) is 11.0. The molecule has 3 nitrogen and oxygen atoms in total. The Bertz CT molecular complexity index is 156. The third kappa shape index (κ3) is 6.27. The molecule has 0 unspecified atom stereocenters. The van der Waals surface area contributed by atoms with Crippen molar-refractivity contribution in [3.63, 3.8) is 0 Å². The van der Waals surface area contributed by atoms with E-state index in [0.29, 0.717) is 34.6 Å². The minimum absolute atomic E-state index is 0.0655. The summed E-state index contributed by atoms with van der Waals surface area (Å²) in [5.74, 6) is 0.0655. The van der Waals surface area contributed by atoms with E-state index in [-0.39, 0.29) is 5.78 Å². The standard InChI is InChI=1S/C8H14O3Si/c1-7(2)8(9)4-5-11-6-12-10-3/h1,4-6H2,2-3H3. The van der Waals surface area contributed by atoms with Gasteiger partial charge in [0.05, 0.1) is 12.8 Å². The zero-order chi connectivity index (χ0) is 9.40. The highest BCUT2D eigenvalue weighted by molar-refractivity contribution is 6.26. The fourth-order valence-electron chi connectivity index (χ4n) is 0.551. The summed E-state index contributed by atoms with van der Waals surface area (Å²) in [6.45, 7) is 5.71. The Morgan fingerprint density at radius 1 is 1.58 bits per heavy atom. The second-order valence-corrected chi connectivity index (χ2v) is 3.34. The van der Waals surface area contributed by atoms with Crippen molar-refractivity contribution >= 4 is 15.5 Å². The maximum Gasteiger partial charge on any atom is 0.257 e. The van der Waals surface area contributed by atoms with Crippen LogP contribution >= 0.6 is 0 Å². The van der Waals surface area contributed by atoms with Crippen molar-refractivity contribution in [2.24, 2.45) is 0 Å². The number of carbonyl (C=O) groups excluding carboxylic acids is 1. The van der Waals surface area contributed by atoms with Gasteiger partial charge in [-0.3, -0.25) is 4.79 Å². The lowest BCUT2D eigenvalue weighted by Gasteiger charge is -2.01. The van der Waals surface area contributed by atoms with Crippen molar-refractivity contribution in [2.75, 3.05) is 19.9 Å². The van der Waals surface area contributed by atoms with E-state index in [0.717, 1.165) is 0 Å². The van der Waals surface area contributed by atoms with E-state index >= 15 is 0 Å². The van der Waals surface area contributed by atoms with Crippen LogP contribution in [0.25, 0.3) is 0 Å². The van der Waals surface area contributed by atoms with Gasteiger partial charge in [-0.2, -0.15) is 0 Å². The summed E-state index contributed by atoms with van der Waals surface area (Å²) in [5, 5.41) is 0. The molecule has 2 radical (unpaired) electrons. The molecule has 0 spiro atoms. The second-order valence-electron chi connectivity index (χ2n) is 2.35. The molecular weight excluding hydrogens is 172 g/mol. The molecule has 0 saturated heterocycles. The predicted molar refractivity (Wildman–Crippen MR) is 48.0 cm³/mol. The van der Waals surface area contributed by atoms with Crippen LogP contribution in [-0.4, -0.2) is 35.5 Å². The first-order chi connectivity index (χ1) is 5.68. The van der Waals surface area contributed by atoms with Crippen molar-refractivity contribution in [3.8, 4) is 0 Å². The van der Waals surface area contributed by atoms with Gasteiger partial charge in [0, 0.05) is 13.5 Å². The van der Waals surface area contributed by atoms with Crippen LogP contribution in [0.15, 0.2) is 12.2 Å². The third-order valence-corrected chi connectivity index (χ3v) is 1.87. The quantitative estimate of drug-likeness (QED) is 0.334. The van der Waals surface area contributed by atoms with E-state index in [1.165, 1.54) is 0 Å². The van der Waals surface area contributed by atoms with Crippen molar-refractivity contribution in [3.05, 3.63) is 12.2 Å². The van der Waals surface area contributed by atoms with E-state index in [1.807, 2.05) is 0 Å². The lowest BCUT2D eigenvalue weighted by atomic mass is 10.2. The minimum Gasteiger partial charge on any atom is -0.418 e. The molecule has 0 rings (SSSR count). The van der Waals surface area contributed by atoms with Gasteiger partial charge in [0.15, 0.2) is 5.78 Å². The van der Waals surface area contributed by atoms with E-state index in [2.05, 4.69) is 6.58 Å². The number of allylic oxidation sites excluding steroid dienone is 1. The SMILES string of the molecule is C=C(C)C(=O)CCOC[Si]OC. The summed E-state index contributed by atoms with van der Waals surface area (Å²) in [5.41, 5.74) is 0.591. The Kier molecular flexibility index (Phi) is 6.94. The van der Waals surface area contributed by atoms with Gasteiger partial charge in [-0.15, -0.1) is 0 Å². The highest BCUT2D eigenvalue weighted by atomic mass is 28.2. The monoisotopic (exact) mass is 186 g/mol. The number of hydrogen-bond acceptors (Lipinski definition) is 3.